The van der Waals surface area contributed by atoms with Crippen LogP contribution in [0.5, 0.6) is 0 Å². The third-order valence-corrected chi connectivity index (χ3v) is 3.49. The first kappa shape index (κ1) is 18.4. The normalized spacial score (nSPS) is 11.6. The van der Waals surface area contributed by atoms with Gasteiger partial charge in [0, 0.05) is 12.1 Å². The summed E-state index contributed by atoms with van der Waals surface area (Å²) in [5.41, 5.74) is -0.508. The van der Waals surface area contributed by atoms with Crippen molar-refractivity contribution in [2.75, 3.05) is 5.32 Å². The number of amides is 1. The summed E-state index contributed by atoms with van der Waals surface area (Å²) in [6.07, 6.45) is -0.899. The number of aromatic nitrogens is 1. The van der Waals surface area contributed by atoms with Crippen LogP contribution in [0.2, 0.25) is 5.02 Å². The van der Waals surface area contributed by atoms with E-state index in [1.165, 1.54) is 18.2 Å². The van der Waals surface area contributed by atoms with E-state index >= 15 is 0 Å². The zero-order valence-corrected chi connectivity index (χ0v) is 14.1. The minimum atomic E-state index is -1.10. The molecule has 1 N–H and O–H groups in total. The average molecular weight is 368 g/mol. The van der Waals surface area contributed by atoms with Gasteiger partial charge in [-0.25, -0.2) is 4.79 Å². The van der Waals surface area contributed by atoms with Crippen LogP contribution in [0.25, 0.3) is 0 Å². The van der Waals surface area contributed by atoms with Gasteiger partial charge in [-0.05, 0) is 25.5 Å². The van der Waals surface area contributed by atoms with Crippen LogP contribution < -0.4 is 5.32 Å². The molecule has 0 bridgehead atoms. The van der Waals surface area contributed by atoms with Crippen molar-refractivity contribution in [1.29, 1.82) is 0 Å². The SMILES string of the molecule is CC[C@H](OC(=O)c1ccc(Cl)c([N+](=O)[O-])c1)C(=O)Nc1cc(C)on1. The predicted molar refractivity (Wildman–Crippen MR) is 87.5 cm³/mol. The van der Waals surface area contributed by atoms with E-state index in [0.29, 0.717) is 5.76 Å². The molecule has 0 spiro atoms. The number of hydrogen-bond acceptors (Lipinski definition) is 7. The highest BCUT2D eigenvalue weighted by atomic mass is 35.5. The number of carbonyl (C=O) groups excluding carboxylic acids is 2. The lowest BCUT2D eigenvalue weighted by atomic mass is 10.2. The van der Waals surface area contributed by atoms with Gasteiger partial charge in [-0.2, -0.15) is 0 Å². The van der Waals surface area contributed by atoms with Crippen molar-refractivity contribution in [3.05, 3.63) is 50.7 Å². The van der Waals surface area contributed by atoms with Crippen LogP contribution in [0.15, 0.2) is 28.8 Å². The van der Waals surface area contributed by atoms with Crippen LogP contribution in [0.3, 0.4) is 0 Å². The number of nitrogens with zero attached hydrogens (tertiary/aromatic N) is 2. The van der Waals surface area contributed by atoms with Gasteiger partial charge >= 0.3 is 5.97 Å². The van der Waals surface area contributed by atoms with Crippen LogP contribution >= 0.6 is 11.6 Å². The van der Waals surface area contributed by atoms with Crippen LogP contribution in [0.4, 0.5) is 11.5 Å². The Morgan fingerprint density at radius 2 is 2.16 bits per heavy atom. The first-order chi connectivity index (χ1) is 11.8. The molecule has 10 heteroatoms. The number of ether oxygens (including phenoxy) is 1. The maximum absolute atomic E-state index is 12.2. The molecule has 1 atom stereocenters. The van der Waals surface area contributed by atoms with E-state index in [9.17, 15) is 19.7 Å². The lowest BCUT2D eigenvalue weighted by Gasteiger charge is -2.15. The molecule has 0 radical (unpaired) electrons. The van der Waals surface area contributed by atoms with Crippen LogP contribution in [0.1, 0.15) is 29.5 Å². The fourth-order valence-corrected chi connectivity index (χ4v) is 2.12. The molecule has 1 aromatic heterocycles. The summed E-state index contributed by atoms with van der Waals surface area (Å²) in [5, 5.41) is 16.8. The van der Waals surface area contributed by atoms with E-state index < -0.39 is 28.6 Å². The topological polar surface area (TPSA) is 125 Å². The van der Waals surface area contributed by atoms with E-state index in [1.54, 1.807) is 13.8 Å². The standard InChI is InChI=1S/C15H14ClN3O6/c1-3-12(14(20)17-13-6-8(2)25-18-13)24-15(21)9-4-5-10(16)11(7-9)19(22)23/h4-7,12H,3H2,1-2H3,(H,17,18,20)/t12-/m0/s1. The molecule has 0 aliphatic rings. The minimum absolute atomic E-state index is 0.0837. The third-order valence-electron chi connectivity index (χ3n) is 3.17. The van der Waals surface area contributed by atoms with Crippen molar-refractivity contribution in [3.8, 4) is 0 Å². The highest BCUT2D eigenvalue weighted by Crippen LogP contribution is 2.25. The van der Waals surface area contributed by atoms with Gasteiger partial charge in [0.05, 0.1) is 10.5 Å². The van der Waals surface area contributed by atoms with E-state index in [4.69, 9.17) is 20.9 Å². The van der Waals surface area contributed by atoms with Crippen LogP contribution in [0, 0.1) is 17.0 Å². The van der Waals surface area contributed by atoms with Crippen molar-refractivity contribution >= 4 is 35.0 Å². The van der Waals surface area contributed by atoms with E-state index in [0.717, 1.165) is 6.07 Å². The molecule has 1 aromatic carbocycles. The molecule has 0 aliphatic heterocycles. The van der Waals surface area contributed by atoms with E-state index in [1.807, 2.05) is 0 Å². The fraction of sp³-hybridized carbons (Fsp3) is 0.267. The van der Waals surface area contributed by atoms with Gasteiger partial charge in [0.15, 0.2) is 11.9 Å². The quantitative estimate of drug-likeness (QED) is 0.472. The number of esters is 1. The summed E-state index contributed by atoms with van der Waals surface area (Å²) in [6.45, 7) is 3.31. The number of nitro groups is 1. The number of nitro benzene ring substituents is 1. The van der Waals surface area contributed by atoms with Crippen molar-refractivity contribution in [1.82, 2.24) is 5.16 Å². The van der Waals surface area contributed by atoms with Crippen LogP contribution in [-0.4, -0.2) is 28.1 Å². The Kier molecular flexibility index (Phi) is 5.71. The molecule has 1 heterocycles. The molecular formula is C15H14ClN3O6. The molecule has 0 saturated carbocycles. The average Bonchev–Trinajstić information content (AvgIpc) is 2.97. The first-order valence-corrected chi connectivity index (χ1v) is 7.58. The van der Waals surface area contributed by atoms with Gasteiger partial charge in [-0.3, -0.25) is 14.9 Å². The smallest absolute Gasteiger partial charge is 0.339 e. The summed E-state index contributed by atoms with van der Waals surface area (Å²) >= 11 is 5.70. The number of nitrogens with one attached hydrogen (secondary N) is 1. The molecule has 0 saturated heterocycles. The Morgan fingerprint density at radius 3 is 2.72 bits per heavy atom. The first-order valence-electron chi connectivity index (χ1n) is 7.21. The maximum Gasteiger partial charge on any atom is 0.339 e. The Morgan fingerprint density at radius 1 is 1.44 bits per heavy atom. The Hall–Kier alpha value is -2.94. The third kappa shape index (κ3) is 4.54. The van der Waals surface area contributed by atoms with Crippen molar-refractivity contribution in [3.63, 3.8) is 0 Å². The van der Waals surface area contributed by atoms with Gasteiger partial charge in [-0.1, -0.05) is 23.7 Å². The molecule has 0 unspecified atom stereocenters. The number of rotatable bonds is 6. The molecule has 1 amide bonds. The largest absolute Gasteiger partial charge is 0.449 e. The monoisotopic (exact) mass is 367 g/mol. The summed E-state index contributed by atoms with van der Waals surface area (Å²) in [6, 6.07) is 5.00. The van der Waals surface area contributed by atoms with Crippen molar-refractivity contribution in [2.45, 2.75) is 26.4 Å². The maximum atomic E-state index is 12.2. The summed E-state index contributed by atoms with van der Waals surface area (Å²) < 4.78 is 9.95. The van der Waals surface area contributed by atoms with Gasteiger partial charge in [-0.15, -0.1) is 0 Å². The number of benzene rings is 1. The summed E-state index contributed by atoms with van der Waals surface area (Å²) in [7, 11) is 0. The number of halogens is 1. The molecule has 132 valence electrons. The Bertz CT molecular complexity index is 819. The number of carbonyl (C=O) groups is 2. The highest BCUT2D eigenvalue weighted by Gasteiger charge is 2.24. The van der Waals surface area contributed by atoms with Gasteiger partial charge in [0.25, 0.3) is 11.6 Å². The number of hydrogen-bond donors (Lipinski definition) is 1. The molecule has 2 aromatic rings. The second kappa shape index (κ2) is 7.75. The molecule has 9 nitrogen and oxygen atoms in total. The summed E-state index contributed by atoms with van der Waals surface area (Å²) in [4.78, 5) is 34.5. The molecular weight excluding hydrogens is 354 g/mol. The van der Waals surface area contributed by atoms with Crippen molar-refractivity contribution < 1.29 is 23.8 Å². The number of anilines is 1. The Balaban J connectivity index is 2.10. The van der Waals surface area contributed by atoms with Crippen molar-refractivity contribution in [2.24, 2.45) is 0 Å². The zero-order valence-electron chi connectivity index (χ0n) is 13.3. The Labute approximate surface area is 147 Å². The fourth-order valence-electron chi connectivity index (χ4n) is 1.93. The number of aryl methyl sites for hydroxylation is 1. The lowest BCUT2D eigenvalue weighted by Crippen LogP contribution is -2.32. The van der Waals surface area contributed by atoms with Gasteiger partial charge in [0.1, 0.15) is 10.8 Å². The molecule has 0 aliphatic carbocycles. The second-order valence-corrected chi connectivity index (χ2v) is 5.44. The van der Waals surface area contributed by atoms with Gasteiger partial charge < -0.3 is 14.6 Å². The van der Waals surface area contributed by atoms with Gasteiger partial charge in [0.2, 0.25) is 0 Å². The lowest BCUT2D eigenvalue weighted by molar-refractivity contribution is -0.384. The van der Waals surface area contributed by atoms with Crippen LogP contribution in [-0.2, 0) is 9.53 Å². The minimum Gasteiger partial charge on any atom is -0.449 e. The molecule has 0 fully saturated rings. The summed E-state index contributed by atoms with van der Waals surface area (Å²) in [5.74, 6) is -0.765. The van der Waals surface area contributed by atoms with E-state index in [-0.39, 0.29) is 22.8 Å². The molecule has 25 heavy (non-hydrogen) atoms. The van der Waals surface area contributed by atoms with E-state index in [2.05, 4.69) is 10.5 Å². The zero-order chi connectivity index (χ0) is 18.6. The molecule has 2 rings (SSSR count). The predicted octanol–water partition coefficient (Wildman–Crippen LogP) is 3.12. The second-order valence-electron chi connectivity index (χ2n) is 5.04. The highest BCUT2D eigenvalue weighted by molar-refractivity contribution is 6.32.